The number of urea groups is 1. The predicted octanol–water partition coefficient (Wildman–Crippen LogP) is 6.96. The number of aromatic nitrogens is 2. The fourth-order valence-corrected chi connectivity index (χ4v) is 4.48. The Hall–Kier alpha value is -3.90. The Bertz CT molecular complexity index is 1410. The minimum absolute atomic E-state index is 0.228. The van der Waals surface area contributed by atoms with Gasteiger partial charge in [-0.1, -0.05) is 71.7 Å². The van der Waals surface area contributed by atoms with E-state index in [2.05, 4.69) is 17.4 Å². The topological polar surface area (TPSA) is 71.3 Å². The Morgan fingerprint density at radius 2 is 1.77 bits per heavy atom. The van der Waals surface area contributed by atoms with Crippen LogP contribution in [0.1, 0.15) is 42.5 Å². The Labute approximate surface area is 209 Å². The molecule has 1 aromatic heterocycles. The summed E-state index contributed by atoms with van der Waals surface area (Å²) in [5.41, 5.74) is 6.26. The van der Waals surface area contributed by atoms with Crippen LogP contribution in [-0.2, 0) is 6.42 Å². The van der Waals surface area contributed by atoms with Gasteiger partial charge < -0.3 is 9.84 Å². The van der Waals surface area contributed by atoms with Gasteiger partial charge in [-0.15, -0.1) is 0 Å². The average Bonchev–Trinajstić information content (AvgIpc) is 3.34. The maximum Gasteiger partial charge on any atom is 0.326 e. The molecule has 2 heterocycles. The van der Waals surface area contributed by atoms with E-state index in [1.54, 1.807) is 17.0 Å². The van der Waals surface area contributed by atoms with Crippen molar-refractivity contribution in [1.82, 2.24) is 15.5 Å². The molecule has 1 atom stereocenters. The summed E-state index contributed by atoms with van der Waals surface area (Å²) in [6.07, 6.45) is 0.926. The van der Waals surface area contributed by atoms with Gasteiger partial charge in [0.2, 0.25) is 5.82 Å². The lowest BCUT2D eigenvalue weighted by atomic mass is 9.94. The molecule has 2 amide bonds. The van der Waals surface area contributed by atoms with Gasteiger partial charge in [0.05, 0.1) is 17.3 Å². The van der Waals surface area contributed by atoms with Crippen LogP contribution in [-0.4, -0.2) is 16.2 Å². The van der Waals surface area contributed by atoms with Crippen molar-refractivity contribution in [2.75, 3.05) is 4.90 Å². The number of benzene rings is 3. The molecule has 1 aliphatic rings. The summed E-state index contributed by atoms with van der Waals surface area (Å²) in [6, 6.07) is 22.6. The molecule has 6 nitrogen and oxygen atoms in total. The average molecular weight is 485 g/mol. The van der Waals surface area contributed by atoms with E-state index < -0.39 is 6.04 Å². The van der Waals surface area contributed by atoms with Gasteiger partial charge in [-0.05, 0) is 61.7 Å². The molecule has 1 aliphatic heterocycles. The summed E-state index contributed by atoms with van der Waals surface area (Å²) in [5, 5.41) is 7.99. The van der Waals surface area contributed by atoms with E-state index in [4.69, 9.17) is 21.1 Å². The normalized spacial score (nSPS) is 15.9. The molecule has 35 heavy (non-hydrogen) atoms. The first-order valence-electron chi connectivity index (χ1n) is 11.5. The van der Waals surface area contributed by atoms with Crippen molar-refractivity contribution in [3.8, 4) is 11.4 Å². The first kappa shape index (κ1) is 22.9. The first-order chi connectivity index (χ1) is 16.9. The van der Waals surface area contributed by atoms with Gasteiger partial charge in [0.15, 0.2) is 0 Å². The van der Waals surface area contributed by atoms with Crippen LogP contribution in [0.5, 0.6) is 0 Å². The molecule has 1 unspecified atom stereocenters. The van der Waals surface area contributed by atoms with Crippen LogP contribution in [0.2, 0.25) is 5.02 Å². The summed E-state index contributed by atoms with van der Waals surface area (Å²) in [7, 11) is 0. The third-order valence-corrected chi connectivity index (χ3v) is 6.48. The zero-order chi connectivity index (χ0) is 24.5. The van der Waals surface area contributed by atoms with Crippen LogP contribution in [0.25, 0.3) is 17.0 Å². The third kappa shape index (κ3) is 4.45. The van der Waals surface area contributed by atoms with Crippen molar-refractivity contribution in [2.24, 2.45) is 0 Å². The fourth-order valence-electron chi connectivity index (χ4n) is 4.35. The van der Waals surface area contributed by atoms with Crippen molar-refractivity contribution in [3.05, 3.63) is 106 Å². The van der Waals surface area contributed by atoms with E-state index >= 15 is 0 Å². The molecule has 4 aromatic rings. The highest BCUT2D eigenvalue weighted by Gasteiger charge is 2.36. The minimum atomic E-state index is -0.475. The number of anilines is 1. The monoisotopic (exact) mass is 484 g/mol. The second-order valence-electron chi connectivity index (χ2n) is 8.58. The number of nitrogens with zero attached hydrogens (tertiary/aromatic N) is 3. The number of carbonyl (C=O) groups is 1. The summed E-state index contributed by atoms with van der Waals surface area (Å²) in [4.78, 5) is 19.7. The van der Waals surface area contributed by atoms with Crippen molar-refractivity contribution in [2.45, 2.75) is 33.2 Å². The molecular weight excluding hydrogens is 460 g/mol. The van der Waals surface area contributed by atoms with E-state index in [0.29, 0.717) is 16.7 Å². The molecule has 0 saturated carbocycles. The predicted molar refractivity (Wildman–Crippen MR) is 138 cm³/mol. The minimum Gasteiger partial charge on any atom is -0.334 e. The summed E-state index contributed by atoms with van der Waals surface area (Å²) in [6.45, 7) is 6.03. The standard InChI is InChI=1S/C28H25ClN4O2/c1-4-19-8-14-23(15-9-19)33-18(3)24(25(30-28(33)34)20-10-12-22(29)13-11-20)27-31-26(32-35-27)21-7-5-6-17(2)16-21/h5-16,25H,4H2,1-3H3,(H,30,34). The quantitative estimate of drug-likeness (QED) is 0.332. The molecule has 3 aromatic carbocycles. The van der Waals surface area contributed by atoms with Gasteiger partial charge in [-0.3, -0.25) is 4.90 Å². The highest BCUT2D eigenvalue weighted by Crippen LogP contribution is 2.39. The van der Waals surface area contributed by atoms with E-state index in [-0.39, 0.29) is 6.03 Å². The maximum absolute atomic E-state index is 13.3. The lowest BCUT2D eigenvalue weighted by Crippen LogP contribution is -2.46. The second kappa shape index (κ2) is 9.39. The van der Waals surface area contributed by atoms with Crippen molar-refractivity contribution in [3.63, 3.8) is 0 Å². The molecular formula is C28H25ClN4O2. The van der Waals surface area contributed by atoms with Gasteiger partial charge in [0.1, 0.15) is 0 Å². The summed E-state index contributed by atoms with van der Waals surface area (Å²) in [5.74, 6) is 0.851. The first-order valence-corrected chi connectivity index (χ1v) is 11.9. The number of hydrogen-bond acceptors (Lipinski definition) is 4. The number of halogens is 1. The van der Waals surface area contributed by atoms with Gasteiger partial charge in [0.25, 0.3) is 5.89 Å². The Balaban J connectivity index is 1.64. The smallest absolute Gasteiger partial charge is 0.326 e. The molecule has 0 spiro atoms. The van der Waals surface area contributed by atoms with E-state index in [1.165, 1.54) is 5.56 Å². The number of rotatable bonds is 5. The number of nitrogens with one attached hydrogen (secondary N) is 1. The van der Waals surface area contributed by atoms with Crippen molar-refractivity contribution >= 4 is 28.9 Å². The molecule has 7 heteroatoms. The summed E-state index contributed by atoms with van der Waals surface area (Å²) < 4.78 is 5.78. The van der Waals surface area contributed by atoms with Crippen LogP contribution in [0.15, 0.2) is 83.0 Å². The Kier molecular flexibility index (Phi) is 6.14. The molecule has 1 N–H and O–H groups in total. The lowest BCUT2D eigenvalue weighted by molar-refractivity contribution is 0.244. The third-order valence-electron chi connectivity index (χ3n) is 6.22. The van der Waals surface area contributed by atoms with E-state index in [9.17, 15) is 4.79 Å². The molecule has 0 fully saturated rings. The second-order valence-corrected chi connectivity index (χ2v) is 9.02. The zero-order valence-corrected chi connectivity index (χ0v) is 20.5. The van der Waals surface area contributed by atoms with Crippen LogP contribution in [0, 0.1) is 6.92 Å². The van der Waals surface area contributed by atoms with Crippen LogP contribution < -0.4 is 10.2 Å². The molecule has 0 radical (unpaired) electrons. The molecule has 0 aliphatic carbocycles. The number of aryl methyl sites for hydroxylation is 2. The van der Waals surface area contributed by atoms with E-state index in [0.717, 1.165) is 40.1 Å². The highest BCUT2D eigenvalue weighted by atomic mass is 35.5. The van der Waals surface area contributed by atoms with Crippen LogP contribution in [0.3, 0.4) is 0 Å². The van der Waals surface area contributed by atoms with Crippen LogP contribution >= 0.6 is 11.6 Å². The van der Waals surface area contributed by atoms with Gasteiger partial charge in [0, 0.05) is 16.3 Å². The van der Waals surface area contributed by atoms with Crippen molar-refractivity contribution < 1.29 is 9.32 Å². The maximum atomic E-state index is 13.3. The fraction of sp³-hybridized carbons (Fsp3) is 0.179. The number of allylic oxidation sites excluding steroid dienone is 1. The van der Waals surface area contributed by atoms with Gasteiger partial charge in [-0.2, -0.15) is 4.98 Å². The van der Waals surface area contributed by atoms with Gasteiger partial charge >= 0.3 is 6.03 Å². The Morgan fingerprint density at radius 3 is 2.46 bits per heavy atom. The Morgan fingerprint density at radius 1 is 1.03 bits per heavy atom. The van der Waals surface area contributed by atoms with E-state index in [1.807, 2.05) is 74.5 Å². The molecule has 0 saturated heterocycles. The van der Waals surface area contributed by atoms with Crippen LogP contribution in [0.4, 0.5) is 10.5 Å². The highest BCUT2D eigenvalue weighted by molar-refractivity contribution is 6.30. The SMILES string of the molecule is CCc1ccc(N2C(=O)NC(c3ccc(Cl)cc3)C(c3nc(-c4cccc(C)c4)no3)=C2C)cc1. The number of hydrogen-bond donors (Lipinski definition) is 1. The number of carbonyl (C=O) groups excluding carboxylic acids is 1. The zero-order valence-electron chi connectivity index (χ0n) is 19.7. The molecule has 5 rings (SSSR count). The number of amides is 2. The molecule has 176 valence electrons. The molecule has 0 bridgehead atoms. The summed E-state index contributed by atoms with van der Waals surface area (Å²) >= 11 is 6.12. The largest absolute Gasteiger partial charge is 0.334 e. The lowest BCUT2D eigenvalue weighted by Gasteiger charge is -2.35. The van der Waals surface area contributed by atoms with Gasteiger partial charge in [-0.25, -0.2) is 4.79 Å². The van der Waals surface area contributed by atoms with Crippen molar-refractivity contribution in [1.29, 1.82) is 0 Å².